The molecule has 0 saturated carbocycles. The van der Waals surface area contributed by atoms with Gasteiger partial charge in [-0.05, 0) is 36.8 Å². The molecule has 0 heterocycles. The van der Waals surface area contributed by atoms with Gasteiger partial charge in [-0.25, -0.2) is 0 Å². The first kappa shape index (κ1) is 11.7. The summed E-state index contributed by atoms with van der Waals surface area (Å²) in [4.78, 5) is 10.2. The van der Waals surface area contributed by atoms with Crippen LogP contribution in [0.1, 0.15) is 25.3 Å². The van der Waals surface area contributed by atoms with Crippen molar-refractivity contribution in [1.82, 2.24) is 0 Å². The summed E-state index contributed by atoms with van der Waals surface area (Å²) in [5.74, 6) is 0.524. The van der Waals surface area contributed by atoms with E-state index in [4.69, 9.17) is 0 Å². The highest BCUT2D eigenvalue weighted by Crippen LogP contribution is 2.14. The minimum atomic E-state index is 0.524. The molecular weight excluding hydrogens is 184 g/mol. The standard InChI is InChI=1S/C14H18O/c1-2-13(9-6-12-15)10-11-14-7-4-3-5-8-14/h3-9,12-13H,2,10-11H2,1H3/b9-6+/t13-/m1/s1. The van der Waals surface area contributed by atoms with Crippen LogP contribution in [-0.4, -0.2) is 6.29 Å². The monoisotopic (exact) mass is 202 g/mol. The molecule has 0 radical (unpaired) electrons. The van der Waals surface area contributed by atoms with E-state index in [0.29, 0.717) is 5.92 Å². The Bertz CT molecular complexity index is 300. The van der Waals surface area contributed by atoms with Gasteiger partial charge in [0.1, 0.15) is 6.29 Å². The molecule has 80 valence electrons. The summed E-state index contributed by atoms with van der Waals surface area (Å²) in [6.45, 7) is 2.16. The van der Waals surface area contributed by atoms with Crippen molar-refractivity contribution in [2.75, 3.05) is 0 Å². The van der Waals surface area contributed by atoms with E-state index in [2.05, 4.69) is 31.2 Å². The zero-order valence-corrected chi connectivity index (χ0v) is 9.23. The Morgan fingerprint density at radius 3 is 2.60 bits per heavy atom. The Morgan fingerprint density at radius 2 is 2.00 bits per heavy atom. The van der Waals surface area contributed by atoms with Crippen molar-refractivity contribution in [3.63, 3.8) is 0 Å². The molecule has 0 saturated heterocycles. The predicted molar refractivity (Wildman–Crippen MR) is 63.7 cm³/mol. The number of rotatable bonds is 6. The zero-order chi connectivity index (χ0) is 10.9. The number of aldehydes is 1. The fourth-order valence-electron chi connectivity index (χ4n) is 1.64. The molecule has 0 aliphatic carbocycles. The van der Waals surface area contributed by atoms with E-state index in [1.165, 1.54) is 5.56 Å². The van der Waals surface area contributed by atoms with Crippen molar-refractivity contribution in [3.05, 3.63) is 48.0 Å². The van der Waals surface area contributed by atoms with Crippen molar-refractivity contribution in [3.8, 4) is 0 Å². The lowest BCUT2D eigenvalue weighted by molar-refractivity contribution is -0.104. The Kier molecular flexibility index (Phi) is 5.46. The number of aryl methyl sites for hydroxylation is 1. The van der Waals surface area contributed by atoms with Crippen molar-refractivity contribution in [2.45, 2.75) is 26.2 Å². The van der Waals surface area contributed by atoms with Crippen LogP contribution in [0.15, 0.2) is 42.5 Å². The molecule has 0 fully saturated rings. The summed E-state index contributed by atoms with van der Waals surface area (Å²) in [5, 5.41) is 0. The minimum Gasteiger partial charge on any atom is -0.299 e. The Balaban J connectivity index is 2.41. The summed E-state index contributed by atoms with van der Waals surface area (Å²) < 4.78 is 0. The van der Waals surface area contributed by atoms with Gasteiger partial charge in [0.05, 0.1) is 0 Å². The Labute approximate surface area is 91.8 Å². The van der Waals surface area contributed by atoms with Crippen molar-refractivity contribution < 1.29 is 4.79 Å². The first-order chi connectivity index (χ1) is 7.36. The van der Waals surface area contributed by atoms with Gasteiger partial charge in [0.15, 0.2) is 0 Å². The summed E-state index contributed by atoms with van der Waals surface area (Å²) >= 11 is 0. The van der Waals surface area contributed by atoms with Gasteiger partial charge in [-0.15, -0.1) is 0 Å². The second kappa shape index (κ2) is 6.99. The van der Waals surface area contributed by atoms with E-state index >= 15 is 0 Å². The van der Waals surface area contributed by atoms with E-state index < -0.39 is 0 Å². The summed E-state index contributed by atoms with van der Waals surface area (Å²) in [7, 11) is 0. The largest absolute Gasteiger partial charge is 0.299 e. The maximum Gasteiger partial charge on any atom is 0.142 e. The average Bonchev–Trinajstić information content (AvgIpc) is 2.31. The molecule has 1 aromatic rings. The van der Waals surface area contributed by atoms with Gasteiger partial charge in [0.2, 0.25) is 0 Å². The van der Waals surface area contributed by atoms with Gasteiger partial charge < -0.3 is 0 Å². The van der Waals surface area contributed by atoms with Crippen LogP contribution in [0, 0.1) is 5.92 Å². The van der Waals surface area contributed by atoms with Gasteiger partial charge in [0.25, 0.3) is 0 Å². The van der Waals surface area contributed by atoms with Crippen molar-refractivity contribution >= 4 is 6.29 Å². The number of hydrogen-bond donors (Lipinski definition) is 0. The van der Waals surface area contributed by atoms with Gasteiger partial charge in [-0.1, -0.05) is 43.3 Å². The first-order valence-corrected chi connectivity index (χ1v) is 5.52. The Hall–Kier alpha value is -1.37. The maximum atomic E-state index is 10.2. The molecule has 0 unspecified atom stereocenters. The molecule has 0 aromatic heterocycles. The molecule has 1 heteroatoms. The number of benzene rings is 1. The maximum absolute atomic E-state index is 10.2. The van der Waals surface area contributed by atoms with Gasteiger partial charge in [-0.3, -0.25) is 4.79 Å². The second-order valence-corrected chi connectivity index (χ2v) is 3.71. The molecule has 0 spiro atoms. The first-order valence-electron chi connectivity index (χ1n) is 5.52. The molecule has 0 bridgehead atoms. The smallest absolute Gasteiger partial charge is 0.142 e. The molecule has 0 amide bonds. The van der Waals surface area contributed by atoms with E-state index in [1.54, 1.807) is 6.08 Å². The highest BCUT2D eigenvalue weighted by atomic mass is 16.1. The number of carbonyl (C=O) groups is 1. The molecule has 1 nitrogen and oxygen atoms in total. The van der Waals surface area contributed by atoms with Crippen LogP contribution in [0.5, 0.6) is 0 Å². The topological polar surface area (TPSA) is 17.1 Å². The van der Waals surface area contributed by atoms with Crippen LogP contribution in [0.2, 0.25) is 0 Å². The van der Waals surface area contributed by atoms with Gasteiger partial charge in [-0.2, -0.15) is 0 Å². The quantitative estimate of drug-likeness (QED) is 0.510. The zero-order valence-electron chi connectivity index (χ0n) is 9.23. The third-order valence-corrected chi connectivity index (χ3v) is 2.63. The molecule has 1 atom stereocenters. The lowest BCUT2D eigenvalue weighted by atomic mass is 9.97. The number of hydrogen-bond acceptors (Lipinski definition) is 1. The third-order valence-electron chi connectivity index (χ3n) is 2.63. The molecule has 0 aliphatic rings. The second-order valence-electron chi connectivity index (χ2n) is 3.71. The van der Waals surface area contributed by atoms with Crippen LogP contribution in [-0.2, 0) is 11.2 Å². The SMILES string of the molecule is CC[C@H](/C=C/C=O)CCc1ccccc1. The van der Waals surface area contributed by atoms with Crippen LogP contribution in [0.3, 0.4) is 0 Å². The third kappa shape index (κ3) is 4.59. The molecule has 1 aromatic carbocycles. The van der Waals surface area contributed by atoms with Crippen LogP contribution in [0.25, 0.3) is 0 Å². The minimum absolute atomic E-state index is 0.524. The Morgan fingerprint density at radius 1 is 1.27 bits per heavy atom. The fraction of sp³-hybridized carbons (Fsp3) is 0.357. The molecule has 15 heavy (non-hydrogen) atoms. The summed E-state index contributed by atoms with van der Waals surface area (Å²) in [5.41, 5.74) is 1.37. The highest BCUT2D eigenvalue weighted by molar-refractivity contribution is 5.64. The van der Waals surface area contributed by atoms with Crippen LogP contribution < -0.4 is 0 Å². The lowest BCUT2D eigenvalue weighted by Crippen LogP contribution is -1.97. The molecule has 0 aliphatic heterocycles. The number of allylic oxidation sites excluding steroid dienone is 2. The van der Waals surface area contributed by atoms with Crippen molar-refractivity contribution in [1.29, 1.82) is 0 Å². The normalized spacial score (nSPS) is 12.9. The molecule has 1 rings (SSSR count). The highest BCUT2D eigenvalue weighted by Gasteiger charge is 2.01. The fourth-order valence-corrected chi connectivity index (χ4v) is 1.64. The van der Waals surface area contributed by atoms with E-state index in [-0.39, 0.29) is 0 Å². The predicted octanol–water partition coefficient (Wildman–Crippen LogP) is 3.40. The van der Waals surface area contributed by atoms with Crippen LogP contribution in [0.4, 0.5) is 0 Å². The lowest BCUT2D eigenvalue weighted by Gasteiger charge is -2.09. The van der Waals surface area contributed by atoms with Crippen molar-refractivity contribution in [2.24, 2.45) is 5.92 Å². The number of carbonyl (C=O) groups excluding carboxylic acids is 1. The van der Waals surface area contributed by atoms with Gasteiger partial charge in [0, 0.05) is 0 Å². The van der Waals surface area contributed by atoms with Crippen LogP contribution >= 0.6 is 0 Å². The van der Waals surface area contributed by atoms with Gasteiger partial charge >= 0.3 is 0 Å². The summed E-state index contributed by atoms with van der Waals surface area (Å²) in [6, 6.07) is 10.5. The van der Waals surface area contributed by atoms with E-state index in [1.807, 2.05) is 12.1 Å². The molecular formula is C14H18O. The molecule has 0 N–H and O–H groups in total. The van der Waals surface area contributed by atoms with E-state index in [0.717, 1.165) is 25.5 Å². The summed E-state index contributed by atoms with van der Waals surface area (Å²) in [6.07, 6.45) is 7.77. The van der Waals surface area contributed by atoms with E-state index in [9.17, 15) is 4.79 Å². The average molecular weight is 202 g/mol.